The lowest BCUT2D eigenvalue weighted by molar-refractivity contribution is -0.380. The van der Waals surface area contributed by atoms with Crippen molar-refractivity contribution in [2.75, 3.05) is 31.2 Å². The Hall–Kier alpha value is -1.18. The van der Waals surface area contributed by atoms with Crippen LogP contribution in [0, 0.1) is 10.1 Å². The lowest BCUT2D eigenvalue weighted by Gasteiger charge is -2.33. The van der Waals surface area contributed by atoms with Crippen LogP contribution >= 0.6 is 11.3 Å². The van der Waals surface area contributed by atoms with Crippen LogP contribution in [0.15, 0.2) is 12.1 Å². The van der Waals surface area contributed by atoms with E-state index in [1.807, 2.05) is 0 Å². The van der Waals surface area contributed by atoms with Crippen molar-refractivity contribution >= 4 is 21.3 Å². The molecule has 2 rings (SSSR count). The molecule has 1 N–H and O–H groups in total. The zero-order chi connectivity index (χ0) is 13.0. The van der Waals surface area contributed by atoms with Crippen LogP contribution in [0.4, 0.5) is 10.0 Å². The predicted molar refractivity (Wildman–Crippen MR) is 69.2 cm³/mol. The highest BCUT2D eigenvalue weighted by molar-refractivity contribution is 7.19. The highest BCUT2D eigenvalue weighted by atomic mass is 32.1. The van der Waals surface area contributed by atoms with E-state index >= 15 is 0 Å². The van der Waals surface area contributed by atoms with Gasteiger partial charge in [-0.15, -0.1) is 0 Å². The molecule has 6 nitrogen and oxygen atoms in total. The molecule has 1 aromatic rings. The summed E-state index contributed by atoms with van der Waals surface area (Å²) in [6, 6.07) is 3.33. The molecule has 18 heavy (non-hydrogen) atoms. The monoisotopic (exact) mass is 272 g/mol. The van der Waals surface area contributed by atoms with Gasteiger partial charge >= 0.3 is 5.00 Å². The van der Waals surface area contributed by atoms with Crippen LogP contribution in [0.1, 0.15) is 12.8 Å². The van der Waals surface area contributed by atoms with Crippen LogP contribution in [-0.4, -0.2) is 42.4 Å². The zero-order valence-electron chi connectivity index (χ0n) is 9.95. The lowest BCUT2D eigenvalue weighted by Crippen LogP contribution is -2.39. The van der Waals surface area contributed by atoms with Gasteiger partial charge in [-0.05, 0) is 30.2 Å². The number of ether oxygens (including phenoxy) is 1. The van der Waals surface area contributed by atoms with E-state index in [1.54, 1.807) is 6.07 Å². The smallest absolute Gasteiger partial charge is 0.326 e. The first kappa shape index (κ1) is 13.3. The fourth-order valence-corrected chi connectivity index (χ4v) is 2.94. The summed E-state index contributed by atoms with van der Waals surface area (Å²) in [7, 11) is 0. The topological polar surface area (TPSA) is 75.8 Å². The number of hydrogen-bond donors (Lipinski definition) is 1. The van der Waals surface area contributed by atoms with Gasteiger partial charge in [0, 0.05) is 19.2 Å². The molecule has 1 aliphatic rings. The first-order valence-electron chi connectivity index (χ1n) is 5.92. The Morgan fingerprint density at radius 2 is 2.44 bits per heavy atom. The number of thiophene rings is 1. The third-order valence-corrected chi connectivity index (χ3v) is 3.99. The number of hydrogen-bond acceptors (Lipinski definition) is 6. The number of nitrogens with zero attached hydrogens (tertiary/aromatic N) is 2. The first-order valence-corrected chi connectivity index (χ1v) is 6.74. The second kappa shape index (κ2) is 6.12. The largest absolute Gasteiger partial charge is 0.394 e. The summed E-state index contributed by atoms with van der Waals surface area (Å²) in [6.45, 7) is 2.01. The van der Waals surface area contributed by atoms with Gasteiger partial charge in [-0.2, -0.15) is 0 Å². The van der Waals surface area contributed by atoms with E-state index in [2.05, 4.69) is 4.90 Å². The van der Waals surface area contributed by atoms with Gasteiger partial charge < -0.3 is 14.7 Å². The zero-order valence-corrected chi connectivity index (χ0v) is 10.8. The highest BCUT2D eigenvalue weighted by Gasteiger charge is 2.23. The van der Waals surface area contributed by atoms with Gasteiger partial charge in [0.15, 0.2) is 0 Å². The number of aliphatic hydroxyl groups is 1. The molecule has 1 fully saturated rings. The summed E-state index contributed by atoms with van der Waals surface area (Å²) < 4.78 is 5.52. The van der Waals surface area contributed by atoms with Gasteiger partial charge in [0.1, 0.15) is 0 Å². The summed E-state index contributed by atoms with van der Waals surface area (Å²) in [6.07, 6.45) is 2.08. The number of piperidine rings is 1. The minimum Gasteiger partial charge on any atom is -0.394 e. The Kier molecular flexibility index (Phi) is 4.51. The molecule has 1 atom stereocenters. The fraction of sp³-hybridized carbons (Fsp3) is 0.636. The van der Waals surface area contributed by atoms with Crippen LogP contribution < -0.4 is 4.90 Å². The average Bonchev–Trinajstić information content (AvgIpc) is 2.86. The standard InChI is InChI=1S/C11H16N2O4S/c14-6-7-17-9-2-1-5-12(8-9)10-3-4-11(18-10)13(15)16/h3-4,9,14H,1-2,5-8H2. The quantitative estimate of drug-likeness (QED) is 0.651. The molecule has 1 saturated heterocycles. The Morgan fingerprint density at radius 1 is 1.61 bits per heavy atom. The molecule has 0 aliphatic carbocycles. The van der Waals surface area contributed by atoms with Crippen LogP contribution in [0.3, 0.4) is 0 Å². The molecular weight excluding hydrogens is 256 g/mol. The third-order valence-electron chi connectivity index (χ3n) is 2.89. The SMILES string of the molecule is O=[N+]([O-])c1ccc(N2CCCC(OCCO)C2)s1. The van der Waals surface area contributed by atoms with Gasteiger partial charge in [-0.1, -0.05) is 0 Å². The van der Waals surface area contributed by atoms with Crippen LogP contribution in [-0.2, 0) is 4.74 Å². The van der Waals surface area contributed by atoms with Gasteiger partial charge in [-0.25, -0.2) is 0 Å². The molecule has 100 valence electrons. The van der Waals surface area contributed by atoms with E-state index in [4.69, 9.17) is 9.84 Å². The van der Waals surface area contributed by atoms with Gasteiger partial charge in [0.2, 0.25) is 0 Å². The molecule has 0 saturated carbocycles. The Morgan fingerprint density at radius 3 is 3.11 bits per heavy atom. The van der Waals surface area contributed by atoms with Crippen molar-refractivity contribution in [3.63, 3.8) is 0 Å². The second-order valence-corrected chi connectivity index (χ2v) is 5.21. The van der Waals surface area contributed by atoms with Gasteiger partial charge in [-0.3, -0.25) is 10.1 Å². The molecule has 0 spiro atoms. The maximum Gasteiger partial charge on any atom is 0.326 e. The van der Waals surface area contributed by atoms with Crippen LogP contribution in [0.2, 0.25) is 0 Å². The molecule has 1 aliphatic heterocycles. The van der Waals surface area contributed by atoms with Crippen molar-refractivity contribution in [1.29, 1.82) is 0 Å². The van der Waals surface area contributed by atoms with Crippen molar-refractivity contribution in [2.45, 2.75) is 18.9 Å². The normalized spacial score (nSPS) is 20.1. The van der Waals surface area contributed by atoms with Crippen molar-refractivity contribution in [2.24, 2.45) is 0 Å². The molecule has 0 aromatic carbocycles. The number of nitro groups is 1. The minimum atomic E-state index is -0.363. The summed E-state index contributed by atoms with van der Waals surface area (Å²) >= 11 is 1.20. The first-order chi connectivity index (χ1) is 8.70. The maximum atomic E-state index is 10.6. The van der Waals surface area contributed by atoms with Crippen LogP contribution in [0.5, 0.6) is 0 Å². The summed E-state index contributed by atoms with van der Waals surface area (Å²) in [4.78, 5) is 12.4. The number of rotatable bonds is 5. The molecule has 0 amide bonds. The Balaban J connectivity index is 1.96. The summed E-state index contributed by atoms with van der Waals surface area (Å²) in [5.41, 5.74) is 0. The van der Waals surface area contributed by atoms with Crippen molar-refractivity contribution < 1.29 is 14.8 Å². The molecule has 0 radical (unpaired) electrons. The average molecular weight is 272 g/mol. The van der Waals surface area contributed by atoms with Crippen LogP contribution in [0.25, 0.3) is 0 Å². The minimum absolute atomic E-state index is 0.0287. The van der Waals surface area contributed by atoms with E-state index in [0.29, 0.717) is 6.61 Å². The van der Waals surface area contributed by atoms with E-state index in [-0.39, 0.29) is 22.6 Å². The van der Waals surface area contributed by atoms with E-state index in [9.17, 15) is 10.1 Å². The third kappa shape index (κ3) is 3.18. The molecule has 0 bridgehead atoms. The molecular formula is C11H16N2O4S. The van der Waals surface area contributed by atoms with E-state index in [1.165, 1.54) is 17.4 Å². The number of aliphatic hydroxyl groups excluding tert-OH is 1. The van der Waals surface area contributed by atoms with Crippen molar-refractivity contribution in [3.8, 4) is 0 Å². The van der Waals surface area contributed by atoms with Crippen molar-refractivity contribution in [3.05, 3.63) is 22.2 Å². The molecule has 1 unspecified atom stereocenters. The summed E-state index contributed by atoms with van der Waals surface area (Å²) in [5, 5.41) is 20.5. The molecule has 7 heteroatoms. The highest BCUT2D eigenvalue weighted by Crippen LogP contribution is 2.33. The Bertz CT molecular complexity index is 410. The van der Waals surface area contributed by atoms with Gasteiger partial charge in [0.05, 0.1) is 29.2 Å². The summed E-state index contributed by atoms with van der Waals surface area (Å²) in [5.74, 6) is 0. The molecule has 2 heterocycles. The second-order valence-electron chi connectivity index (χ2n) is 4.17. The van der Waals surface area contributed by atoms with E-state index in [0.717, 1.165) is 30.9 Å². The number of anilines is 1. The lowest BCUT2D eigenvalue weighted by atomic mass is 10.1. The predicted octanol–water partition coefficient (Wildman–Crippen LogP) is 1.63. The molecule has 1 aromatic heterocycles. The maximum absolute atomic E-state index is 10.6. The Labute approximate surface area is 109 Å². The van der Waals surface area contributed by atoms with Crippen molar-refractivity contribution in [1.82, 2.24) is 0 Å². The van der Waals surface area contributed by atoms with E-state index < -0.39 is 0 Å². The van der Waals surface area contributed by atoms with Gasteiger partial charge in [0.25, 0.3) is 0 Å². The fourth-order valence-electron chi connectivity index (χ4n) is 2.08.